The van der Waals surface area contributed by atoms with Crippen LogP contribution in [-0.4, -0.2) is 24.2 Å². The average Bonchev–Trinajstić information content (AvgIpc) is 2.64. The van der Waals surface area contributed by atoms with Crippen LogP contribution in [0, 0.1) is 5.82 Å². The highest BCUT2D eigenvalue weighted by Crippen LogP contribution is 2.30. The lowest BCUT2D eigenvalue weighted by Crippen LogP contribution is -2.18. The van der Waals surface area contributed by atoms with Crippen LogP contribution < -0.4 is 5.32 Å². The summed E-state index contributed by atoms with van der Waals surface area (Å²) in [5, 5.41) is 12.5. The van der Waals surface area contributed by atoms with Gasteiger partial charge in [-0.05, 0) is 42.3 Å². The van der Waals surface area contributed by atoms with Crippen molar-refractivity contribution in [1.82, 2.24) is 0 Å². The zero-order valence-corrected chi connectivity index (χ0v) is 13.4. The molecule has 0 unspecified atom stereocenters. The number of anilines is 1. The Morgan fingerprint density at radius 3 is 2.60 bits per heavy atom. The van der Waals surface area contributed by atoms with Crippen molar-refractivity contribution in [1.29, 1.82) is 0 Å². The number of hydrogen-bond donors (Lipinski definition) is 2. The number of benzene rings is 2. The molecule has 1 heterocycles. The zero-order chi connectivity index (χ0) is 17.6. The smallest absolute Gasteiger partial charge is 0.248 e. The SMILES string of the molecule is O=C(/C=C/c1ccc(F)cc1)Nc1cc(C2OCCCO2)ccc1O. The van der Waals surface area contributed by atoms with Crippen molar-refractivity contribution in [3.05, 3.63) is 65.5 Å². The van der Waals surface area contributed by atoms with E-state index in [-0.39, 0.29) is 17.3 Å². The number of carbonyl (C=O) groups is 1. The van der Waals surface area contributed by atoms with Gasteiger partial charge in [0.15, 0.2) is 6.29 Å². The minimum Gasteiger partial charge on any atom is -0.506 e. The highest BCUT2D eigenvalue weighted by atomic mass is 19.1. The first-order valence-corrected chi connectivity index (χ1v) is 7.92. The first-order valence-electron chi connectivity index (χ1n) is 7.92. The second-order valence-electron chi connectivity index (χ2n) is 5.58. The van der Waals surface area contributed by atoms with Crippen molar-refractivity contribution < 1.29 is 23.8 Å². The van der Waals surface area contributed by atoms with Gasteiger partial charge in [-0.1, -0.05) is 18.2 Å². The van der Waals surface area contributed by atoms with Crippen LogP contribution in [0.3, 0.4) is 0 Å². The van der Waals surface area contributed by atoms with E-state index >= 15 is 0 Å². The largest absolute Gasteiger partial charge is 0.506 e. The number of phenolic OH excluding ortho intramolecular Hbond substituents is 1. The Morgan fingerprint density at radius 2 is 1.88 bits per heavy atom. The average molecular weight is 343 g/mol. The summed E-state index contributed by atoms with van der Waals surface area (Å²) < 4.78 is 23.9. The molecule has 0 saturated carbocycles. The van der Waals surface area contributed by atoms with Crippen molar-refractivity contribution in [3.63, 3.8) is 0 Å². The van der Waals surface area contributed by atoms with E-state index in [1.165, 1.54) is 24.3 Å². The molecule has 0 aromatic heterocycles. The maximum absolute atomic E-state index is 12.9. The molecule has 25 heavy (non-hydrogen) atoms. The molecule has 1 saturated heterocycles. The molecule has 6 heteroatoms. The Balaban J connectivity index is 1.68. The van der Waals surface area contributed by atoms with Crippen molar-refractivity contribution in [3.8, 4) is 5.75 Å². The fraction of sp³-hybridized carbons (Fsp3) is 0.211. The van der Waals surface area contributed by atoms with E-state index in [0.29, 0.717) is 18.8 Å². The quantitative estimate of drug-likeness (QED) is 0.657. The van der Waals surface area contributed by atoms with Gasteiger partial charge in [-0.25, -0.2) is 4.39 Å². The van der Waals surface area contributed by atoms with E-state index in [1.807, 2.05) is 0 Å². The predicted octanol–water partition coefficient (Wildman–Crippen LogP) is 3.62. The molecule has 1 amide bonds. The lowest BCUT2D eigenvalue weighted by Gasteiger charge is -2.24. The van der Waals surface area contributed by atoms with Gasteiger partial charge in [0.1, 0.15) is 11.6 Å². The molecule has 1 aliphatic rings. The minimum absolute atomic E-state index is 0.0527. The molecule has 0 spiro atoms. The summed E-state index contributed by atoms with van der Waals surface area (Å²) in [4.78, 5) is 12.0. The zero-order valence-electron chi connectivity index (χ0n) is 13.4. The first kappa shape index (κ1) is 17.1. The number of nitrogens with one attached hydrogen (secondary N) is 1. The number of carbonyl (C=O) groups excluding carboxylic acids is 1. The van der Waals surface area contributed by atoms with Gasteiger partial charge >= 0.3 is 0 Å². The third-order valence-corrected chi connectivity index (χ3v) is 3.67. The Kier molecular flexibility index (Phi) is 5.42. The molecule has 0 radical (unpaired) electrons. The van der Waals surface area contributed by atoms with E-state index in [0.717, 1.165) is 12.0 Å². The van der Waals surface area contributed by atoms with Gasteiger partial charge in [-0.3, -0.25) is 4.79 Å². The number of rotatable bonds is 4. The Morgan fingerprint density at radius 1 is 1.16 bits per heavy atom. The molecule has 0 bridgehead atoms. The number of ether oxygens (including phenoxy) is 2. The summed E-state index contributed by atoms with van der Waals surface area (Å²) in [6, 6.07) is 10.6. The van der Waals surface area contributed by atoms with Gasteiger partial charge in [0, 0.05) is 11.6 Å². The van der Waals surface area contributed by atoms with E-state index in [4.69, 9.17) is 9.47 Å². The summed E-state index contributed by atoms with van der Waals surface area (Å²) in [5.74, 6) is -0.805. The molecule has 1 fully saturated rings. The summed E-state index contributed by atoms with van der Waals surface area (Å²) >= 11 is 0. The highest BCUT2D eigenvalue weighted by molar-refractivity contribution is 6.02. The molecule has 0 aliphatic carbocycles. The van der Waals surface area contributed by atoms with Crippen LogP contribution in [-0.2, 0) is 14.3 Å². The second-order valence-corrected chi connectivity index (χ2v) is 5.58. The van der Waals surface area contributed by atoms with Crippen LogP contribution in [0.5, 0.6) is 5.75 Å². The lowest BCUT2D eigenvalue weighted by molar-refractivity contribution is -0.183. The Hall–Kier alpha value is -2.70. The van der Waals surface area contributed by atoms with Gasteiger partial charge in [-0.15, -0.1) is 0 Å². The molecule has 2 aromatic carbocycles. The molecular formula is C19H18FNO4. The summed E-state index contributed by atoms with van der Waals surface area (Å²) in [5.41, 5.74) is 1.68. The van der Waals surface area contributed by atoms with Crippen molar-refractivity contribution in [2.45, 2.75) is 12.7 Å². The van der Waals surface area contributed by atoms with E-state index in [2.05, 4.69) is 5.32 Å². The number of hydrogen-bond acceptors (Lipinski definition) is 4. The van der Waals surface area contributed by atoms with Crippen LogP contribution in [0.1, 0.15) is 23.8 Å². The molecule has 2 aromatic rings. The van der Waals surface area contributed by atoms with Gasteiger partial charge < -0.3 is 19.9 Å². The van der Waals surface area contributed by atoms with Crippen LogP contribution in [0.25, 0.3) is 6.08 Å². The van der Waals surface area contributed by atoms with Crippen LogP contribution in [0.4, 0.5) is 10.1 Å². The van der Waals surface area contributed by atoms with E-state index in [9.17, 15) is 14.3 Å². The predicted molar refractivity (Wildman–Crippen MR) is 91.4 cm³/mol. The maximum atomic E-state index is 12.9. The fourth-order valence-corrected chi connectivity index (χ4v) is 2.40. The monoisotopic (exact) mass is 343 g/mol. The topological polar surface area (TPSA) is 67.8 Å². The van der Waals surface area contributed by atoms with Crippen molar-refractivity contribution in [2.24, 2.45) is 0 Å². The highest BCUT2D eigenvalue weighted by Gasteiger charge is 2.18. The Bertz CT molecular complexity index is 767. The van der Waals surface area contributed by atoms with Crippen molar-refractivity contribution >= 4 is 17.7 Å². The van der Waals surface area contributed by atoms with Crippen LogP contribution in [0.2, 0.25) is 0 Å². The third kappa shape index (κ3) is 4.65. The van der Waals surface area contributed by atoms with Crippen LogP contribution in [0.15, 0.2) is 48.5 Å². The van der Waals surface area contributed by atoms with Gasteiger partial charge in [0.2, 0.25) is 5.91 Å². The second kappa shape index (κ2) is 7.92. The lowest BCUT2D eigenvalue weighted by atomic mass is 10.1. The van der Waals surface area contributed by atoms with E-state index in [1.54, 1.807) is 30.3 Å². The van der Waals surface area contributed by atoms with Crippen LogP contribution >= 0.6 is 0 Å². The van der Waals surface area contributed by atoms with E-state index < -0.39 is 12.2 Å². The minimum atomic E-state index is -0.500. The van der Waals surface area contributed by atoms with Gasteiger partial charge in [-0.2, -0.15) is 0 Å². The summed E-state index contributed by atoms with van der Waals surface area (Å²) in [6.45, 7) is 1.21. The molecule has 1 aliphatic heterocycles. The molecule has 2 N–H and O–H groups in total. The standard InChI is InChI=1S/C19H18FNO4/c20-15-6-2-13(3-7-15)4-9-18(23)21-16-12-14(5-8-17(16)22)19-24-10-1-11-25-19/h2-9,12,19,22H,1,10-11H2,(H,21,23)/b9-4+. The van der Waals surface area contributed by atoms with Gasteiger partial charge in [0.25, 0.3) is 0 Å². The van der Waals surface area contributed by atoms with Gasteiger partial charge in [0.05, 0.1) is 18.9 Å². The maximum Gasteiger partial charge on any atom is 0.248 e. The fourth-order valence-electron chi connectivity index (χ4n) is 2.40. The Labute approximate surface area is 144 Å². The van der Waals surface area contributed by atoms with Crippen molar-refractivity contribution in [2.75, 3.05) is 18.5 Å². The first-order chi connectivity index (χ1) is 12.1. The molecule has 5 nitrogen and oxygen atoms in total. The molecule has 0 atom stereocenters. The number of amides is 1. The third-order valence-electron chi connectivity index (χ3n) is 3.67. The number of aromatic hydroxyl groups is 1. The number of halogens is 1. The summed E-state index contributed by atoms with van der Waals surface area (Å²) in [7, 11) is 0. The number of phenols is 1. The normalized spacial score (nSPS) is 15.4. The molecular weight excluding hydrogens is 325 g/mol. The summed E-state index contributed by atoms with van der Waals surface area (Å²) in [6.07, 6.45) is 3.21. The molecule has 3 rings (SSSR count). The molecule has 130 valence electrons.